The summed E-state index contributed by atoms with van der Waals surface area (Å²) in [6.07, 6.45) is -0.000270. The summed E-state index contributed by atoms with van der Waals surface area (Å²) in [7, 11) is 0. The molecule has 0 unspecified atom stereocenters. The number of carboxylic acid groups (broad SMARTS) is 1. The fraction of sp³-hybridized carbons (Fsp3) is 0.375. The minimum atomic E-state index is -1.09. The van der Waals surface area contributed by atoms with Crippen LogP contribution in [0, 0.1) is 0 Å². The number of esters is 1. The van der Waals surface area contributed by atoms with Crippen LogP contribution in [0.1, 0.15) is 23.7 Å². The number of anilines is 1. The maximum absolute atomic E-state index is 12.5. The summed E-state index contributed by atoms with van der Waals surface area (Å²) in [5, 5.41) is 8.26. The van der Waals surface area contributed by atoms with Crippen molar-refractivity contribution in [1.29, 1.82) is 0 Å². The van der Waals surface area contributed by atoms with Crippen LogP contribution in [-0.4, -0.2) is 52.5 Å². The minimum Gasteiger partial charge on any atom is -0.478 e. The molecule has 9 heteroatoms. The van der Waals surface area contributed by atoms with Crippen molar-refractivity contribution in [3.63, 3.8) is 0 Å². The number of benzene rings is 1. The standard InChI is InChI=1S/C16H18N2O6S/c1-2-24-16(23)11(17)8-25-12-7-13(19)18(14(12)20)10-5-3-9(4-6-10)15(21)22/h3-6,11-12H,2,7-8,17H2,1H3,(H,21,22)/t11-,12+/m0/s1. The number of rotatable bonds is 7. The van der Waals surface area contributed by atoms with E-state index in [4.69, 9.17) is 15.6 Å². The number of thioether (sulfide) groups is 1. The molecule has 1 aromatic rings. The van der Waals surface area contributed by atoms with E-state index in [0.717, 1.165) is 16.7 Å². The molecule has 0 aromatic heterocycles. The van der Waals surface area contributed by atoms with Crippen LogP contribution in [0.3, 0.4) is 0 Å². The Morgan fingerprint density at radius 3 is 2.56 bits per heavy atom. The lowest BCUT2D eigenvalue weighted by Crippen LogP contribution is -2.36. The molecule has 3 N–H and O–H groups in total. The Hall–Kier alpha value is -2.39. The lowest BCUT2D eigenvalue weighted by atomic mass is 10.2. The zero-order valence-corrected chi connectivity index (χ0v) is 14.3. The van der Waals surface area contributed by atoms with Crippen molar-refractivity contribution in [3.05, 3.63) is 29.8 Å². The summed E-state index contributed by atoms with van der Waals surface area (Å²) in [6.45, 7) is 1.89. The number of imide groups is 1. The zero-order chi connectivity index (χ0) is 18.6. The molecular formula is C16H18N2O6S. The topological polar surface area (TPSA) is 127 Å². The molecule has 2 atom stereocenters. The highest BCUT2D eigenvalue weighted by Gasteiger charge is 2.40. The molecule has 0 bridgehead atoms. The molecule has 1 saturated heterocycles. The number of amides is 2. The van der Waals surface area contributed by atoms with Crippen LogP contribution in [0.4, 0.5) is 5.69 Å². The van der Waals surface area contributed by atoms with Crippen LogP contribution in [-0.2, 0) is 19.1 Å². The van der Waals surface area contributed by atoms with E-state index in [2.05, 4.69) is 0 Å². The fourth-order valence-corrected chi connectivity index (χ4v) is 3.38. The quantitative estimate of drug-likeness (QED) is 0.532. The van der Waals surface area contributed by atoms with Crippen molar-refractivity contribution in [1.82, 2.24) is 0 Å². The van der Waals surface area contributed by atoms with Crippen LogP contribution < -0.4 is 10.6 Å². The predicted octanol–water partition coefficient (Wildman–Crippen LogP) is 0.640. The van der Waals surface area contributed by atoms with Gasteiger partial charge in [0, 0.05) is 12.2 Å². The Morgan fingerprint density at radius 1 is 1.36 bits per heavy atom. The smallest absolute Gasteiger partial charge is 0.335 e. The van der Waals surface area contributed by atoms with E-state index in [1.54, 1.807) is 6.92 Å². The third-order valence-electron chi connectivity index (χ3n) is 3.54. The molecule has 0 spiro atoms. The first kappa shape index (κ1) is 18.9. The summed E-state index contributed by atoms with van der Waals surface area (Å²) in [4.78, 5) is 48.0. The van der Waals surface area contributed by atoms with Gasteiger partial charge in [-0.3, -0.25) is 14.4 Å². The Balaban J connectivity index is 2.02. The predicted molar refractivity (Wildman–Crippen MR) is 91.4 cm³/mol. The van der Waals surface area contributed by atoms with Gasteiger partial charge in [-0.1, -0.05) is 0 Å². The largest absolute Gasteiger partial charge is 0.478 e. The maximum Gasteiger partial charge on any atom is 0.335 e. The van der Waals surface area contributed by atoms with E-state index >= 15 is 0 Å². The van der Waals surface area contributed by atoms with Gasteiger partial charge in [-0.25, -0.2) is 9.69 Å². The number of hydrogen-bond donors (Lipinski definition) is 2. The second-order valence-electron chi connectivity index (χ2n) is 5.30. The van der Waals surface area contributed by atoms with Gasteiger partial charge in [0.1, 0.15) is 6.04 Å². The highest BCUT2D eigenvalue weighted by molar-refractivity contribution is 8.00. The average molecular weight is 366 g/mol. The molecule has 0 saturated carbocycles. The monoisotopic (exact) mass is 366 g/mol. The average Bonchev–Trinajstić information content (AvgIpc) is 2.86. The number of hydrogen-bond acceptors (Lipinski definition) is 7. The van der Waals surface area contributed by atoms with Crippen molar-refractivity contribution in [2.75, 3.05) is 17.3 Å². The van der Waals surface area contributed by atoms with Gasteiger partial charge in [0.25, 0.3) is 0 Å². The van der Waals surface area contributed by atoms with Crippen LogP contribution in [0.5, 0.6) is 0 Å². The highest BCUT2D eigenvalue weighted by Crippen LogP contribution is 2.30. The molecule has 134 valence electrons. The maximum atomic E-state index is 12.5. The van der Waals surface area contributed by atoms with Gasteiger partial charge in [-0.05, 0) is 31.2 Å². The van der Waals surface area contributed by atoms with Crippen molar-refractivity contribution >= 4 is 41.2 Å². The first-order valence-electron chi connectivity index (χ1n) is 7.59. The SMILES string of the molecule is CCOC(=O)[C@@H](N)CS[C@@H]1CC(=O)N(c2ccc(C(=O)O)cc2)C1=O. The number of ether oxygens (including phenoxy) is 1. The van der Waals surface area contributed by atoms with Crippen molar-refractivity contribution in [2.24, 2.45) is 5.73 Å². The van der Waals surface area contributed by atoms with Crippen LogP contribution in [0.25, 0.3) is 0 Å². The van der Waals surface area contributed by atoms with Gasteiger partial charge in [0.05, 0.1) is 23.1 Å². The molecule has 1 aliphatic rings. The van der Waals surface area contributed by atoms with E-state index in [-0.39, 0.29) is 30.3 Å². The van der Waals surface area contributed by atoms with Crippen LogP contribution in [0.2, 0.25) is 0 Å². The molecule has 0 aliphatic carbocycles. The number of nitrogens with two attached hydrogens (primary N) is 1. The summed E-state index contributed by atoms with van der Waals surface area (Å²) in [5.74, 6) is -2.27. The van der Waals surface area contributed by atoms with Gasteiger partial charge in [-0.2, -0.15) is 0 Å². The number of carbonyl (C=O) groups is 4. The molecule has 1 fully saturated rings. The number of aromatic carboxylic acids is 1. The number of nitrogens with zero attached hydrogens (tertiary/aromatic N) is 1. The summed E-state index contributed by atoms with van der Waals surface area (Å²) >= 11 is 1.13. The van der Waals surface area contributed by atoms with Crippen molar-refractivity contribution in [2.45, 2.75) is 24.6 Å². The van der Waals surface area contributed by atoms with E-state index in [1.807, 2.05) is 0 Å². The number of carbonyl (C=O) groups excluding carboxylic acids is 3. The van der Waals surface area contributed by atoms with E-state index in [1.165, 1.54) is 24.3 Å². The lowest BCUT2D eigenvalue weighted by molar-refractivity contribution is -0.144. The summed E-state index contributed by atoms with van der Waals surface area (Å²) in [6, 6.07) is 4.62. The van der Waals surface area contributed by atoms with Crippen LogP contribution >= 0.6 is 11.8 Å². The minimum absolute atomic E-state index is 0.000270. The Labute approximate surface area is 148 Å². The van der Waals surface area contributed by atoms with E-state index in [0.29, 0.717) is 5.69 Å². The number of carboxylic acids is 1. The van der Waals surface area contributed by atoms with E-state index < -0.39 is 29.1 Å². The van der Waals surface area contributed by atoms with Gasteiger partial charge < -0.3 is 15.6 Å². The molecule has 1 aliphatic heterocycles. The molecule has 2 rings (SSSR count). The molecule has 0 radical (unpaired) electrons. The first-order valence-corrected chi connectivity index (χ1v) is 8.64. The highest BCUT2D eigenvalue weighted by atomic mass is 32.2. The van der Waals surface area contributed by atoms with E-state index in [9.17, 15) is 19.2 Å². The van der Waals surface area contributed by atoms with Gasteiger partial charge >= 0.3 is 11.9 Å². The molecule has 1 heterocycles. The second-order valence-corrected chi connectivity index (χ2v) is 6.54. The van der Waals surface area contributed by atoms with Crippen LogP contribution in [0.15, 0.2) is 24.3 Å². The molecule has 25 heavy (non-hydrogen) atoms. The van der Waals surface area contributed by atoms with Gasteiger partial charge in [0.15, 0.2) is 0 Å². The Bertz CT molecular complexity index is 690. The zero-order valence-electron chi connectivity index (χ0n) is 13.5. The fourth-order valence-electron chi connectivity index (χ4n) is 2.30. The first-order chi connectivity index (χ1) is 11.8. The third-order valence-corrected chi connectivity index (χ3v) is 4.87. The van der Waals surface area contributed by atoms with Gasteiger partial charge in [0.2, 0.25) is 11.8 Å². The lowest BCUT2D eigenvalue weighted by Gasteiger charge is -2.16. The molecule has 2 amide bonds. The van der Waals surface area contributed by atoms with Gasteiger partial charge in [-0.15, -0.1) is 11.8 Å². The summed E-state index contributed by atoms with van der Waals surface area (Å²) < 4.78 is 4.80. The van der Waals surface area contributed by atoms with Crippen molar-refractivity contribution < 1.29 is 29.0 Å². The third kappa shape index (κ3) is 4.37. The summed E-state index contributed by atoms with van der Waals surface area (Å²) in [5.41, 5.74) is 6.07. The Morgan fingerprint density at radius 2 is 2.00 bits per heavy atom. The Kier molecular flexibility index (Phi) is 6.16. The molecule has 8 nitrogen and oxygen atoms in total. The molecule has 1 aromatic carbocycles. The molecular weight excluding hydrogens is 348 g/mol. The van der Waals surface area contributed by atoms with Crippen molar-refractivity contribution in [3.8, 4) is 0 Å². The second kappa shape index (κ2) is 8.13. The normalized spacial score (nSPS) is 18.3.